The van der Waals surface area contributed by atoms with Gasteiger partial charge in [-0.25, -0.2) is 0 Å². The molecule has 0 N–H and O–H groups in total. The smallest absolute Gasteiger partial charge is 0.0191 e. The lowest BCUT2D eigenvalue weighted by molar-refractivity contribution is 0.133. The summed E-state index contributed by atoms with van der Waals surface area (Å²) >= 11 is 0. The van der Waals surface area contributed by atoms with Crippen LogP contribution in [-0.4, -0.2) is 0 Å². The zero-order valence-corrected chi connectivity index (χ0v) is 11.6. The second-order valence-electron chi connectivity index (χ2n) is 7.20. The third-order valence-electron chi connectivity index (χ3n) is 6.39. The van der Waals surface area contributed by atoms with Gasteiger partial charge in [-0.3, -0.25) is 0 Å². The normalized spacial score (nSPS) is 49.8. The maximum atomic E-state index is 2.55. The zero-order chi connectivity index (χ0) is 11.6. The molecule has 2 aliphatic rings. The molecule has 3 unspecified atom stereocenters. The monoisotopic (exact) mass is 208 g/mol. The molecule has 2 saturated carbocycles. The Morgan fingerprint density at radius 2 is 1.60 bits per heavy atom. The maximum absolute atomic E-state index is 2.55. The largest absolute Gasteiger partial charge is 0.0651 e. The van der Waals surface area contributed by atoms with Crippen molar-refractivity contribution in [2.75, 3.05) is 0 Å². The van der Waals surface area contributed by atoms with Gasteiger partial charge < -0.3 is 0 Å². The van der Waals surface area contributed by atoms with Crippen LogP contribution in [0.15, 0.2) is 0 Å². The van der Waals surface area contributed by atoms with Gasteiger partial charge in [-0.2, -0.15) is 0 Å². The summed E-state index contributed by atoms with van der Waals surface area (Å²) in [6.45, 7) is 17.2. The molecule has 0 aliphatic heterocycles. The van der Waals surface area contributed by atoms with Crippen LogP contribution in [0.4, 0.5) is 0 Å². The lowest BCUT2D eigenvalue weighted by Gasteiger charge is -2.35. The summed E-state index contributed by atoms with van der Waals surface area (Å²) in [5, 5.41) is 0. The van der Waals surface area contributed by atoms with E-state index in [1.165, 1.54) is 12.8 Å². The molecule has 0 bridgehead atoms. The summed E-state index contributed by atoms with van der Waals surface area (Å²) in [5.74, 6) is 2.94. The van der Waals surface area contributed by atoms with Crippen molar-refractivity contribution in [3.05, 3.63) is 0 Å². The molecule has 0 heteroatoms. The van der Waals surface area contributed by atoms with E-state index in [4.69, 9.17) is 0 Å². The molecule has 2 aliphatic carbocycles. The van der Waals surface area contributed by atoms with Gasteiger partial charge in [0.25, 0.3) is 0 Å². The Hall–Kier alpha value is 0. The summed E-state index contributed by atoms with van der Waals surface area (Å²) in [4.78, 5) is 0. The highest BCUT2D eigenvalue weighted by Crippen LogP contribution is 2.98. The standard InChI is InChI=1S/C15H28/c1-8-10(3)11-14(6)12(15(11,14)7)13(4,5)9-2/h10-12H,8-9H2,1-7H3. The SMILES string of the molecule is CCC(C)C1C2(C)C(C(C)(C)CC)C12C. The van der Waals surface area contributed by atoms with E-state index in [1.807, 2.05) is 0 Å². The van der Waals surface area contributed by atoms with Crippen molar-refractivity contribution in [2.24, 2.45) is 34.0 Å². The average molecular weight is 208 g/mol. The Bertz CT molecular complexity index is 262. The van der Waals surface area contributed by atoms with E-state index < -0.39 is 0 Å². The van der Waals surface area contributed by atoms with E-state index >= 15 is 0 Å². The summed E-state index contributed by atoms with van der Waals surface area (Å²) in [7, 11) is 0. The summed E-state index contributed by atoms with van der Waals surface area (Å²) in [5.41, 5.74) is 1.96. The van der Waals surface area contributed by atoms with Crippen LogP contribution in [-0.2, 0) is 0 Å². The van der Waals surface area contributed by atoms with Crippen molar-refractivity contribution in [3.63, 3.8) is 0 Å². The molecule has 0 spiro atoms. The fourth-order valence-corrected chi connectivity index (χ4v) is 5.26. The fraction of sp³-hybridized carbons (Fsp3) is 1.00. The third kappa shape index (κ3) is 1.04. The lowest BCUT2D eigenvalue weighted by Crippen LogP contribution is -2.29. The molecule has 2 rings (SSSR count). The van der Waals surface area contributed by atoms with Gasteiger partial charge in [0.1, 0.15) is 0 Å². The highest BCUT2D eigenvalue weighted by Gasteiger charge is 2.94. The van der Waals surface area contributed by atoms with Gasteiger partial charge in [0, 0.05) is 0 Å². The van der Waals surface area contributed by atoms with Crippen LogP contribution in [0.1, 0.15) is 61.3 Å². The van der Waals surface area contributed by atoms with Crippen molar-refractivity contribution in [1.82, 2.24) is 0 Å². The van der Waals surface area contributed by atoms with Crippen molar-refractivity contribution in [3.8, 4) is 0 Å². The maximum Gasteiger partial charge on any atom is -0.0191 e. The summed E-state index contributed by atoms with van der Waals surface area (Å²) in [6.07, 6.45) is 2.69. The van der Waals surface area contributed by atoms with Crippen LogP contribution in [0.2, 0.25) is 0 Å². The first kappa shape index (κ1) is 11.5. The average Bonchev–Trinajstić information content (AvgIpc) is 2.84. The van der Waals surface area contributed by atoms with Crippen molar-refractivity contribution >= 4 is 0 Å². The molecule has 0 aromatic heterocycles. The molecule has 0 radical (unpaired) electrons. The Labute approximate surface area is 95.8 Å². The van der Waals surface area contributed by atoms with Crippen LogP contribution < -0.4 is 0 Å². The van der Waals surface area contributed by atoms with E-state index in [-0.39, 0.29) is 0 Å². The van der Waals surface area contributed by atoms with Crippen LogP contribution >= 0.6 is 0 Å². The minimum Gasteiger partial charge on any atom is -0.0651 e. The van der Waals surface area contributed by atoms with Gasteiger partial charge in [0.15, 0.2) is 0 Å². The van der Waals surface area contributed by atoms with Crippen molar-refractivity contribution in [1.29, 1.82) is 0 Å². The van der Waals surface area contributed by atoms with Gasteiger partial charge >= 0.3 is 0 Å². The number of fused-ring (bicyclic) bond motifs is 1. The minimum atomic E-state index is 0.563. The topological polar surface area (TPSA) is 0 Å². The highest BCUT2D eigenvalue weighted by atomic mass is 15.0. The first-order valence-electron chi connectivity index (χ1n) is 6.78. The van der Waals surface area contributed by atoms with E-state index in [0.29, 0.717) is 16.2 Å². The number of hydrogen-bond donors (Lipinski definition) is 0. The first-order chi connectivity index (χ1) is 6.78. The second-order valence-corrected chi connectivity index (χ2v) is 7.20. The second kappa shape index (κ2) is 2.81. The van der Waals surface area contributed by atoms with Crippen LogP contribution in [0.5, 0.6) is 0 Å². The molecule has 15 heavy (non-hydrogen) atoms. The van der Waals surface area contributed by atoms with E-state index in [0.717, 1.165) is 17.8 Å². The highest BCUT2D eigenvalue weighted by molar-refractivity contribution is 5.40. The molecular formula is C15H28. The Morgan fingerprint density at radius 3 is 1.93 bits per heavy atom. The van der Waals surface area contributed by atoms with Gasteiger partial charge in [0.05, 0.1) is 0 Å². The molecule has 0 aromatic rings. The van der Waals surface area contributed by atoms with Gasteiger partial charge in [-0.15, -0.1) is 0 Å². The van der Waals surface area contributed by atoms with E-state index in [9.17, 15) is 0 Å². The molecule has 0 saturated heterocycles. The molecular weight excluding hydrogens is 180 g/mol. The summed E-state index contributed by atoms with van der Waals surface area (Å²) in [6, 6.07) is 0. The Morgan fingerprint density at radius 1 is 1.13 bits per heavy atom. The Kier molecular flexibility index (Phi) is 2.15. The fourth-order valence-electron chi connectivity index (χ4n) is 5.26. The van der Waals surface area contributed by atoms with E-state index in [1.54, 1.807) is 0 Å². The van der Waals surface area contributed by atoms with Gasteiger partial charge in [0.2, 0.25) is 0 Å². The molecule has 2 fully saturated rings. The quantitative estimate of drug-likeness (QED) is 0.626. The number of hydrogen-bond acceptors (Lipinski definition) is 0. The van der Waals surface area contributed by atoms with Crippen molar-refractivity contribution in [2.45, 2.75) is 61.3 Å². The molecule has 0 amide bonds. The Balaban J connectivity index is 2.11. The van der Waals surface area contributed by atoms with E-state index in [2.05, 4.69) is 48.5 Å². The van der Waals surface area contributed by atoms with Gasteiger partial charge in [-0.1, -0.05) is 61.3 Å². The first-order valence-corrected chi connectivity index (χ1v) is 6.78. The predicted molar refractivity (Wildman–Crippen MR) is 66.7 cm³/mol. The predicted octanol–water partition coefficient (Wildman–Crippen LogP) is 4.74. The van der Waals surface area contributed by atoms with Crippen LogP contribution in [0.25, 0.3) is 0 Å². The zero-order valence-electron chi connectivity index (χ0n) is 11.6. The molecule has 0 heterocycles. The van der Waals surface area contributed by atoms with Crippen LogP contribution in [0.3, 0.4) is 0 Å². The number of rotatable bonds is 4. The van der Waals surface area contributed by atoms with Gasteiger partial charge in [-0.05, 0) is 34.0 Å². The van der Waals surface area contributed by atoms with Crippen LogP contribution in [0, 0.1) is 34.0 Å². The summed E-state index contributed by atoms with van der Waals surface area (Å²) < 4.78 is 0. The lowest BCUT2D eigenvalue weighted by atomic mass is 9.70. The minimum absolute atomic E-state index is 0.563. The molecule has 0 aromatic carbocycles. The molecule has 3 atom stereocenters. The molecule has 88 valence electrons. The van der Waals surface area contributed by atoms with Crippen molar-refractivity contribution < 1.29 is 0 Å². The third-order valence-corrected chi connectivity index (χ3v) is 6.39. The molecule has 0 nitrogen and oxygen atoms in total.